The van der Waals surface area contributed by atoms with Crippen molar-refractivity contribution in [1.29, 1.82) is 0 Å². The van der Waals surface area contributed by atoms with Crippen molar-refractivity contribution in [2.45, 2.75) is 13.1 Å². The molecule has 0 aliphatic rings. The van der Waals surface area contributed by atoms with Crippen molar-refractivity contribution >= 4 is 34.3 Å². The van der Waals surface area contributed by atoms with Crippen LogP contribution in [-0.2, 0) is 17.9 Å². The van der Waals surface area contributed by atoms with Crippen molar-refractivity contribution in [3.05, 3.63) is 59.9 Å². The molecule has 0 aliphatic heterocycles. The van der Waals surface area contributed by atoms with Gasteiger partial charge in [-0.1, -0.05) is 29.5 Å². The van der Waals surface area contributed by atoms with Gasteiger partial charge in [0.1, 0.15) is 17.9 Å². The van der Waals surface area contributed by atoms with E-state index in [4.69, 9.17) is 12.2 Å². The number of thiocarbonyl (C=S) groups is 1. The molecule has 3 N–H and O–H groups in total. The third-order valence-electron chi connectivity index (χ3n) is 3.40. The lowest BCUT2D eigenvalue weighted by molar-refractivity contribution is -0.122. The third-order valence-corrected chi connectivity index (χ3v) is 3.64. The topological polar surface area (TPSA) is 83.9 Å². The normalized spacial score (nSPS) is 10.4. The molecule has 0 bridgehead atoms. The van der Waals surface area contributed by atoms with Gasteiger partial charge in [0.2, 0.25) is 0 Å². The van der Waals surface area contributed by atoms with Gasteiger partial charge >= 0.3 is 0 Å². The summed E-state index contributed by atoms with van der Waals surface area (Å²) < 4.78 is 14.3. The molecular formula is C16H15FN6OS. The summed E-state index contributed by atoms with van der Waals surface area (Å²) >= 11 is 5.08. The minimum absolute atomic E-state index is 0.00802. The van der Waals surface area contributed by atoms with E-state index in [1.807, 2.05) is 24.3 Å². The number of fused-ring (bicyclic) bond motifs is 1. The number of para-hydroxylation sites is 1. The molecule has 3 aromatic rings. The van der Waals surface area contributed by atoms with Gasteiger partial charge < -0.3 is 5.32 Å². The standard InChI is InChI=1S/C16H15FN6OS/c17-12-7-5-11(6-8-12)9-18-16(25)21-20-15(24)10-23-14-4-2-1-3-13(14)19-22-23/h1-8H,9-10H2,(H,20,24)(H2,18,21,25). The van der Waals surface area contributed by atoms with Gasteiger partial charge in [0.25, 0.3) is 5.91 Å². The van der Waals surface area contributed by atoms with Crippen molar-refractivity contribution in [1.82, 2.24) is 31.2 Å². The second kappa shape index (κ2) is 7.67. The van der Waals surface area contributed by atoms with E-state index >= 15 is 0 Å². The first-order valence-electron chi connectivity index (χ1n) is 7.47. The highest BCUT2D eigenvalue weighted by Gasteiger charge is 2.08. The molecule has 0 radical (unpaired) electrons. The fourth-order valence-electron chi connectivity index (χ4n) is 2.16. The minimum atomic E-state index is -0.318. The maximum atomic E-state index is 12.8. The molecule has 0 aliphatic carbocycles. The van der Waals surface area contributed by atoms with Crippen molar-refractivity contribution in [2.24, 2.45) is 0 Å². The summed E-state index contributed by atoms with van der Waals surface area (Å²) in [4.78, 5) is 12.0. The Morgan fingerprint density at radius 2 is 1.88 bits per heavy atom. The lowest BCUT2D eigenvalue weighted by atomic mass is 10.2. The van der Waals surface area contributed by atoms with Crippen molar-refractivity contribution < 1.29 is 9.18 Å². The van der Waals surface area contributed by atoms with Crippen molar-refractivity contribution in [2.75, 3.05) is 0 Å². The van der Waals surface area contributed by atoms with Gasteiger partial charge in [0.15, 0.2) is 5.11 Å². The molecule has 1 heterocycles. The molecule has 3 rings (SSSR count). The van der Waals surface area contributed by atoms with E-state index in [0.717, 1.165) is 16.6 Å². The van der Waals surface area contributed by atoms with Gasteiger partial charge in [-0.25, -0.2) is 9.07 Å². The predicted molar refractivity (Wildman–Crippen MR) is 94.6 cm³/mol. The molecule has 7 nitrogen and oxygen atoms in total. The summed E-state index contributed by atoms with van der Waals surface area (Å²) in [5.41, 5.74) is 7.46. The van der Waals surface area contributed by atoms with Crippen LogP contribution in [0.15, 0.2) is 48.5 Å². The number of aromatic nitrogens is 3. The first-order chi connectivity index (χ1) is 12.1. The number of carbonyl (C=O) groups excluding carboxylic acids is 1. The highest BCUT2D eigenvalue weighted by molar-refractivity contribution is 7.80. The van der Waals surface area contributed by atoms with Gasteiger partial charge in [-0.05, 0) is 42.0 Å². The smallest absolute Gasteiger partial charge is 0.260 e. The zero-order valence-electron chi connectivity index (χ0n) is 13.1. The SMILES string of the molecule is O=C(Cn1nnc2ccccc21)NNC(=S)NCc1ccc(F)cc1. The lowest BCUT2D eigenvalue weighted by Gasteiger charge is -2.11. The van der Waals surface area contributed by atoms with E-state index in [1.54, 1.807) is 12.1 Å². The van der Waals surface area contributed by atoms with Crippen LogP contribution in [0.2, 0.25) is 0 Å². The Balaban J connectivity index is 1.45. The number of amides is 1. The number of rotatable bonds is 4. The van der Waals surface area contributed by atoms with Crippen molar-refractivity contribution in [3.8, 4) is 0 Å². The number of benzene rings is 2. The fraction of sp³-hybridized carbons (Fsp3) is 0.125. The quantitative estimate of drug-likeness (QED) is 0.481. The molecule has 2 aromatic carbocycles. The van der Waals surface area contributed by atoms with E-state index in [2.05, 4.69) is 26.5 Å². The maximum Gasteiger partial charge on any atom is 0.260 e. The number of hydrazine groups is 1. The van der Waals surface area contributed by atoms with Crippen LogP contribution >= 0.6 is 12.2 Å². The molecule has 0 saturated carbocycles. The first-order valence-corrected chi connectivity index (χ1v) is 7.88. The monoisotopic (exact) mass is 358 g/mol. The van der Waals surface area contributed by atoms with Crippen LogP contribution in [0.5, 0.6) is 0 Å². The van der Waals surface area contributed by atoms with E-state index in [-0.39, 0.29) is 23.4 Å². The Morgan fingerprint density at radius 1 is 1.12 bits per heavy atom. The molecule has 0 atom stereocenters. The predicted octanol–water partition coefficient (Wildman–Crippen LogP) is 1.27. The molecule has 25 heavy (non-hydrogen) atoms. The summed E-state index contributed by atoms with van der Waals surface area (Å²) in [7, 11) is 0. The molecule has 0 saturated heterocycles. The van der Waals surface area contributed by atoms with Gasteiger partial charge in [-0.15, -0.1) is 5.10 Å². The summed E-state index contributed by atoms with van der Waals surface area (Å²) in [6.45, 7) is 0.420. The highest BCUT2D eigenvalue weighted by Crippen LogP contribution is 2.09. The van der Waals surface area contributed by atoms with Gasteiger partial charge in [0.05, 0.1) is 5.52 Å². The first kappa shape index (κ1) is 16.8. The Labute approximate surface area is 148 Å². The van der Waals surface area contributed by atoms with E-state index in [9.17, 15) is 9.18 Å². The summed E-state index contributed by atoms with van der Waals surface area (Å²) in [5, 5.41) is 11.1. The second-order valence-corrected chi connectivity index (χ2v) is 5.63. The Morgan fingerprint density at radius 3 is 2.68 bits per heavy atom. The summed E-state index contributed by atoms with van der Waals surface area (Å²) in [6.07, 6.45) is 0. The number of hydrogen-bond acceptors (Lipinski definition) is 4. The van der Waals surface area contributed by atoms with Crippen molar-refractivity contribution in [3.63, 3.8) is 0 Å². The fourth-order valence-corrected chi connectivity index (χ4v) is 2.29. The van der Waals surface area contributed by atoms with Crippen LogP contribution in [0, 0.1) is 5.82 Å². The zero-order valence-corrected chi connectivity index (χ0v) is 13.9. The van der Waals surface area contributed by atoms with Crippen LogP contribution < -0.4 is 16.2 Å². The average Bonchev–Trinajstić information content (AvgIpc) is 3.02. The average molecular weight is 358 g/mol. The molecule has 0 unspecified atom stereocenters. The van der Waals surface area contributed by atoms with E-state index in [1.165, 1.54) is 16.8 Å². The molecule has 9 heteroatoms. The highest BCUT2D eigenvalue weighted by atomic mass is 32.1. The number of nitrogens with one attached hydrogen (secondary N) is 3. The van der Waals surface area contributed by atoms with Gasteiger partial charge in [-0.3, -0.25) is 15.6 Å². The van der Waals surface area contributed by atoms with Gasteiger partial charge in [-0.2, -0.15) is 0 Å². The summed E-state index contributed by atoms with van der Waals surface area (Å²) in [5.74, 6) is -0.612. The molecule has 0 fully saturated rings. The molecule has 0 spiro atoms. The largest absolute Gasteiger partial charge is 0.357 e. The zero-order chi connectivity index (χ0) is 17.6. The van der Waals surface area contributed by atoms with Crippen LogP contribution in [-0.4, -0.2) is 26.0 Å². The van der Waals surface area contributed by atoms with Crippen LogP contribution in [0.4, 0.5) is 4.39 Å². The third kappa shape index (κ3) is 4.48. The number of carbonyl (C=O) groups is 1. The maximum absolute atomic E-state index is 12.8. The number of nitrogens with zero attached hydrogens (tertiary/aromatic N) is 3. The number of hydrogen-bond donors (Lipinski definition) is 3. The molecular weight excluding hydrogens is 343 g/mol. The minimum Gasteiger partial charge on any atom is -0.357 e. The second-order valence-electron chi connectivity index (χ2n) is 5.22. The van der Waals surface area contributed by atoms with Gasteiger partial charge in [0, 0.05) is 6.54 Å². The van der Waals surface area contributed by atoms with E-state index < -0.39 is 0 Å². The van der Waals surface area contributed by atoms with Crippen LogP contribution in [0.25, 0.3) is 11.0 Å². The lowest BCUT2D eigenvalue weighted by Crippen LogP contribution is -2.47. The van der Waals surface area contributed by atoms with E-state index in [0.29, 0.717) is 6.54 Å². The van der Waals surface area contributed by atoms with Crippen LogP contribution in [0.3, 0.4) is 0 Å². The molecule has 128 valence electrons. The molecule has 1 amide bonds. The Hall–Kier alpha value is -3.07. The Kier molecular flexibility index (Phi) is 5.14. The summed E-state index contributed by atoms with van der Waals surface area (Å²) in [6, 6.07) is 13.4. The number of halogens is 1. The molecule has 1 aromatic heterocycles. The Bertz CT molecular complexity index is 895. The van der Waals surface area contributed by atoms with Crippen LogP contribution in [0.1, 0.15) is 5.56 Å².